The van der Waals surface area contributed by atoms with Gasteiger partial charge in [-0.15, -0.1) is 11.3 Å². The fraction of sp³-hybridized carbons (Fsp3) is 0.381. The maximum Gasteiger partial charge on any atom is 0.251 e. The zero-order valence-electron chi connectivity index (χ0n) is 16.9. The molecule has 0 fully saturated rings. The van der Waals surface area contributed by atoms with E-state index in [1.165, 1.54) is 10.4 Å². The van der Waals surface area contributed by atoms with Gasteiger partial charge in [-0.3, -0.25) is 4.79 Å². The van der Waals surface area contributed by atoms with Gasteiger partial charge in [0.15, 0.2) is 0 Å². The first-order chi connectivity index (χ1) is 13.2. The zero-order valence-corrected chi connectivity index (χ0v) is 17.7. The summed E-state index contributed by atoms with van der Waals surface area (Å²) in [6.45, 7) is 10.1. The Bertz CT molecular complexity index is 1010. The number of carbonyl (C=O) groups excluding carboxylic acids is 1. The molecule has 0 radical (unpaired) electrons. The van der Waals surface area contributed by atoms with Gasteiger partial charge >= 0.3 is 0 Å². The lowest BCUT2D eigenvalue weighted by molar-refractivity contribution is 0.0869. The highest BCUT2D eigenvalue weighted by molar-refractivity contribution is 7.18. The van der Waals surface area contributed by atoms with Crippen molar-refractivity contribution in [2.75, 3.05) is 11.9 Å². The zero-order chi connectivity index (χ0) is 20.5. The van der Waals surface area contributed by atoms with Crippen LogP contribution in [-0.2, 0) is 6.54 Å². The van der Waals surface area contributed by atoms with Crippen LogP contribution in [0.2, 0.25) is 0 Å². The monoisotopic (exact) mass is 398 g/mol. The summed E-state index contributed by atoms with van der Waals surface area (Å²) in [5, 5.41) is 16.6. The lowest BCUT2D eigenvalue weighted by Crippen LogP contribution is -2.46. The van der Waals surface area contributed by atoms with Crippen LogP contribution in [0.25, 0.3) is 10.2 Å². The molecule has 0 aliphatic heterocycles. The molecule has 1 aromatic carbocycles. The lowest BCUT2D eigenvalue weighted by Gasteiger charge is -2.23. The maximum absolute atomic E-state index is 12.3. The van der Waals surface area contributed by atoms with Crippen LogP contribution in [-0.4, -0.2) is 33.1 Å². The van der Waals surface area contributed by atoms with Gasteiger partial charge in [-0.2, -0.15) is 0 Å². The van der Waals surface area contributed by atoms with E-state index in [1.54, 1.807) is 37.3 Å². The highest BCUT2D eigenvalue weighted by Crippen LogP contribution is 2.33. The van der Waals surface area contributed by atoms with Gasteiger partial charge in [0, 0.05) is 17.0 Å². The van der Waals surface area contributed by atoms with Gasteiger partial charge in [0.1, 0.15) is 16.5 Å². The third-order valence-corrected chi connectivity index (χ3v) is 5.76. The van der Waals surface area contributed by atoms with Crippen molar-refractivity contribution in [3.05, 3.63) is 51.7 Å². The van der Waals surface area contributed by atoms with E-state index in [0.29, 0.717) is 12.1 Å². The molecule has 148 valence electrons. The number of nitrogens with one attached hydrogen (secondary N) is 2. The number of aryl methyl sites for hydroxylation is 3. The first-order valence-electron chi connectivity index (χ1n) is 9.21. The van der Waals surface area contributed by atoms with E-state index in [-0.39, 0.29) is 12.5 Å². The fourth-order valence-electron chi connectivity index (χ4n) is 2.86. The second-order valence-corrected chi connectivity index (χ2v) is 8.83. The quantitative estimate of drug-likeness (QED) is 0.589. The number of aliphatic hydroxyl groups is 1. The Balaban J connectivity index is 1.74. The van der Waals surface area contributed by atoms with E-state index in [4.69, 9.17) is 0 Å². The Morgan fingerprint density at radius 2 is 1.82 bits per heavy atom. The minimum Gasteiger partial charge on any atom is -0.394 e. The van der Waals surface area contributed by atoms with Crippen molar-refractivity contribution >= 4 is 33.3 Å². The number of benzene rings is 1. The van der Waals surface area contributed by atoms with Crippen LogP contribution in [0, 0.1) is 20.8 Å². The normalized spacial score (nSPS) is 11.6. The molecule has 0 spiro atoms. The van der Waals surface area contributed by atoms with Crippen LogP contribution in [0.4, 0.5) is 5.82 Å². The van der Waals surface area contributed by atoms with Crippen molar-refractivity contribution in [3.8, 4) is 0 Å². The molecule has 2 heterocycles. The second kappa shape index (κ2) is 7.85. The number of amides is 1. The predicted molar refractivity (Wildman–Crippen MR) is 114 cm³/mol. The van der Waals surface area contributed by atoms with E-state index in [1.807, 2.05) is 19.1 Å². The number of hydrogen-bond donors (Lipinski definition) is 3. The van der Waals surface area contributed by atoms with Crippen molar-refractivity contribution in [2.24, 2.45) is 0 Å². The molecule has 3 rings (SSSR count). The van der Waals surface area contributed by atoms with E-state index < -0.39 is 5.54 Å². The maximum atomic E-state index is 12.3. The highest BCUT2D eigenvalue weighted by atomic mass is 32.1. The Labute approximate surface area is 169 Å². The average molecular weight is 399 g/mol. The molecule has 0 unspecified atom stereocenters. The number of aliphatic hydroxyl groups excluding tert-OH is 1. The van der Waals surface area contributed by atoms with E-state index in [0.717, 1.165) is 27.4 Å². The molecule has 0 bridgehead atoms. The van der Waals surface area contributed by atoms with Gasteiger partial charge in [0.2, 0.25) is 0 Å². The SMILES string of the molecule is Cc1nc(NCc2ccc(C(=O)NC(C)(C)CO)cc2)c2c(C)c(C)sc2n1. The molecule has 0 atom stereocenters. The molecule has 0 saturated carbocycles. The van der Waals surface area contributed by atoms with Crippen molar-refractivity contribution in [1.82, 2.24) is 15.3 Å². The smallest absolute Gasteiger partial charge is 0.251 e. The molecule has 0 aliphatic carbocycles. The Kier molecular flexibility index (Phi) is 5.67. The van der Waals surface area contributed by atoms with Crippen LogP contribution >= 0.6 is 11.3 Å². The van der Waals surface area contributed by atoms with Crippen LogP contribution < -0.4 is 10.6 Å². The predicted octanol–water partition coefficient (Wildman–Crippen LogP) is 3.73. The van der Waals surface area contributed by atoms with Gasteiger partial charge < -0.3 is 15.7 Å². The summed E-state index contributed by atoms with van der Waals surface area (Å²) in [5.74, 6) is 1.39. The summed E-state index contributed by atoms with van der Waals surface area (Å²) in [5.41, 5.74) is 2.17. The highest BCUT2D eigenvalue weighted by Gasteiger charge is 2.20. The Hall–Kier alpha value is -2.51. The van der Waals surface area contributed by atoms with Gasteiger partial charge in [0.05, 0.1) is 17.5 Å². The molecular formula is C21H26N4O2S. The van der Waals surface area contributed by atoms with E-state index >= 15 is 0 Å². The third-order valence-electron chi connectivity index (χ3n) is 4.66. The number of carbonyl (C=O) groups is 1. The molecule has 1 amide bonds. The van der Waals surface area contributed by atoms with Gasteiger partial charge in [-0.05, 0) is 57.9 Å². The largest absolute Gasteiger partial charge is 0.394 e. The topological polar surface area (TPSA) is 87.1 Å². The number of hydrogen-bond acceptors (Lipinski definition) is 6. The number of aromatic nitrogens is 2. The standard InChI is InChI=1S/C21H26N4O2S/c1-12-13(2)28-20-17(12)18(23-14(3)24-20)22-10-15-6-8-16(9-7-15)19(27)25-21(4,5)11-26/h6-9,26H,10-11H2,1-5H3,(H,25,27)(H,22,23,24). The van der Waals surface area contributed by atoms with E-state index in [9.17, 15) is 9.90 Å². The lowest BCUT2D eigenvalue weighted by atomic mass is 10.1. The molecule has 7 heteroatoms. The molecule has 3 aromatic rings. The van der Waals surface area contributed by atoms with Crippen LogP contribution in [0.15, 0.2) is 24.3 Å². The van der Waals surface area contributed by atoms with Crippen LogP contribution in [0.5, 0.6) is 0 Å². The molecule has 0 saturated heterocycles. The molecule has 28 heavy (non-hydrogen) atoms. The number of rotatable bonds is 6. The van der Waals surface area contributed by atoms with Gasteiger partial charge in [-0.1, -0.05) is 12.1 Å². The van der Waals surface area contributed by atoms with Crippen molar-refractivity contribution in [2.45, 2.75) is 46.7 Å². The number of nitrogens with zero attached hydrogens (tertiary/aromatic N) is 2. The van der Waals surface area contributed by atoms with Crippen molar-refractivity contribution < 1.29 is 9.90 Å². The number of anilines is 1. The number of fused-ring (bicyclic) bond motifs is 1. The van der Waals surface area contributed by atoms with E-state index in [2.05, 4.69) is 34.4 Å². The molecule has 2 aromatic heterocycles. The third kappa shape index (κ3) is 4.31. The first-order valence-corrected chi connectivity index (χ1v) is 10.0. The van der Waals surface area contributed by atoms with Gasteiger partial charge in [-0.25, -0.2) is 9.97 Å². The summed E-state index contributed by atoms with van der Waals surface area (Å²) in [6, 6.07) is 7.43. The second-order valence-electron chi connectivity index (χ2n) is 7.63. The summed E-state index contributed by atoms with van der Waals surface area (Å²) >= 11 is 1.69. The average Bonchev–Trinajstić information content (AvgIpc) is 2.93. The van der Waals surface area contributed by atoms with Crippen LogP contribution in [0.3, 0.4) is 0 Å². The summed E-state index contributed by atoms with van der Waals surface area (Å²) in [7, 11) is 0. The van der Waals surface area contributed by atoms with Crippen LogP contribution in [0.1, 0.15) is 46.0 Å². The molecular weight excluding hydrogens is 372 g/mol. The summed E-state index contributed by atoms with van der Waals surface area (Å²) in [6.07, 6.45) is 0. The molecule has 0 aliphatic rings. The summed E-state index contributed by atoms with van der Waals surface area (Å²) < 4.78 is 0. The summed E-state index contributed by atoms with van der Waals surface area (Å²) in [4.78, 5) is 23.7. The fourth-order valence-corrected chi connectivity index (χ4v) is 3.94. The Morgan fingerprint density at radius 3 is 2.46 bits per heavy atom. The minimum absolute atomic E-state index is 0.116. The van der Waals surface area contributed by atoms with Crippen molar-refractivity contribution in [3.63, 3.8) is 0 Å². The van der Waals surface area contributed by atoms with Gasteiger partial charge in [0.25, 0.3) is 5.91 Å². The Morgan fingerprint density at radius 1 is 1.14 bits per heavy atom. The first kappa shape index (κ1) is 20.2. The molecule has 6 nitrogen and oxygen atoms in total. The molecule has 3 N–H and O–H groups in total. The minimum atomic E-state index is -0.649. The number of thiophene rings is 1. The van der Waals surface area contributed by atoms with Crippen molar-refractivity contribution in [1.29, 1.82) is 0 Å².